The van der Waals surface area contributed by atoms with Crippen LogP contribution in [0.4, 0.5) is 18.9 Å². The van der Waals surface area contributed by atoms with Crippen molar-refractivity contribution in [2.75, 3.05) is 18.0 Å². The molecule has 0 radical (unpaired) electrons. The zero-order chi connectivity index (χ0) is 15.3. The molecule has 1 unspecified atom stereocenters. The summed E-state index contributed by atoms with van der Waals surface area (Å²) in [4.78, 5) is 1.95. The maximum Gasteiger partial charge on any atom is 0.416 e. The number of nitriles is 1. The summed E-state index contributed by atoms with van der Waals surface area (Å²) in [6, 6.07) is 5.23. The maximum atomic E-state index is 12.7. The molecule has 2 nitrogen and oxygen atoms in total. The largest absolute Gasteiger partial charge is 0.416 e. The smallest absolute Gasteiger partial charge is 0.370 e. The number of halogens is 3. The van der Waals surface area contributed by atoms with Gasteiger partial charge in [-0.1, -0.05) is 20.3 Å². The van der Waals surface area contributed by atoms with Crippen molar-refractivity contribution in [2.24, 2.45) is 5.92 Å². The van der Waals surface area contributed by atoms with Crippen molar-refractivity contribution in [3.8, 4) is 6.07 Å². The Morgan fingerprint density at radius 2 is 1.95 bits per heavy atom. The molecule has 5 heteroatoms. The predicted molar refractivity (Wildman–Crippen MR) is 73.5 cm³/mol. The number of benzene rings is 1. The van der Waals surface area contributed by atoms with E-state index in [-0.39, 0.29) is 5.56 Å². The molecular weight excluding hydrogens is 265 g/mol. The Morgan fingerprint density at radius 3 is 2.40 bits per heavy atom. The lowest BCUT2D eigenvalue weighted by atomic mass is 10.0. The van der Waals surface area contributed by atoms with E-state index in [4.69, 9.17) is 5.26 Å². The highest BCUT2D eigenvalue weighted by Gasteiger charge is 2.31. The first-order valence-corrected chi connectivity index (χ1v) is 6.69. The van der Waals surface area contributed by atoms with Crippen LogP contribution in [0.1, 0.15) is 38.3 Å². The quantitative estimate of drug-likeness (QED) is 0.798. The lowest BCUT2D eigenvalue weighted by molar-refractivity contribution is -0.137. The van der Waals surface area contributed by atoms with Crippen molar-refractivity contribution < 1.29 is 13.2 Å². The first-order valence-electron chi connectivity index (χ1n) is 6.69. The molecular formula is C15H19F3N2. The standard InChI is InChI=1S/C15H19F3N2/c1-4-11(3)10-20(5-2)14-7-6-13(15(16,17)18)8-12(14)9-19/h6-8,11H,4-5,10H2,1-3H3. The van der Waals surface area contributed by atoms with Gasteiger partial charge < -0.3 is 4.90 Å². The Morgan fingerprint density at radius 1 is 1.30 bits per heavy atom. The zero-order valence-electron chi connectivity index (χ0n) is 12.0. The van der Waals surface area contributed by atoms with Crippen LogP contribution in [0, 0.1) is 17.2 Å². The summed E-state index contributed by atoms with van der Waals surface area (Å²) in [5, 5.41) is 9.10. The van der Waals surface area contributed by atoms with E-state index in [1.54, 1.807) is 0 Å². The van der Waals surface area contributed by atoms with Crippen LogP contribution in [-0.2, 0) is 6.18 Å². The van der Waals surface area contributed by atoms with Crippen LogP contribution < -0.4 is 4.90 Å². The number of alkyl halides is 3. The molecule has 20 heavy (non-hydrogen) atoms. The molecule has 1 aromatic carbocycles. The van der Waals surface area contributed by atoms with E-state index in [0.717, 1.165) is 25.1 Å². The van der Waals surface area contributed by atoms with Gasteiger partial charge >= 0.3 is 6.18 Å². The SMILES string of the molecule is CCC(C)CN(CC)c1ccc(C(F)(F)F)cc1C#N. The molecule has 0 aliphatic heterocycles. The molecule has 0 aliphatic carbocycles. The normalized spacial score (nSPS) is 12.8. The third kappa shape index (κ3) is 3.89. The minimum absolute atomic E-state index is 0.0741. The maximum absolute atomic E-state index is 12.7. The second-order valence-electron chi connectivity index (χ2n) is 4.89. The van der Waals surface area contributed by atoms with Gasteiger partial charge in [0.1, 0.15) is 6.07 Å². The average Bonchev–Trinajstić information content (AvgIpc) is 2.42. The molecule has 0 bridgehead atoms. The Labute approximate surface area is 117 Å². The second kappa shape index (κ2) is 6.65. The van der Waals surface area contributed by atoms with Crippen molar-refractivity contribution in [1.29, 1.82) is 5.26 Å². The summed E-state index contributed by atoms with van der Waals surface area (Å²) < 4.78 is 38.0. The van der Waals surface area contributed by atoms with Gasteiger partial charge in [-0.15, -0.1) is 0 Å². The average molecular weight is 284 g/mol. The van der Waals surface area contributed by atoms with E-state index in [0.29, 0.717) is 18.2 Å². The van der Waals surface area contributed by atoms with Crippen LogP contribution >= 0.6 is 0 Å². The summed E-state index contributed by atoms with van der Waals surface area (Å²) >= 11 is 0. The first-order chi connectivity index (χ1) is 9.33. The summed E-state index contributed by atoms with van der Waals surface area (Å²) in [7, 11) is 0. The van der Waals surface area contributed by atoms with Crippen LogP contribution in [-0.4, -0.2) is 13.1 Å². The van der Waals surface area contributed by atoms with Gasteiger partial charge in [-0.05, 0) is 31.0 Å². The van der Waals surface area contributed by atoms with Crippen molar-refractivity contribution in [2.45, 2.75) is 33.4 Å². The molecule has 0 fully saturated rings. The van der Waals surface area contributed by atoms with E-state index in [1.807, 2.05) is 17.9 Å². The number of rotatable bonds is 5. The van der Waals surface area contributed by atoms with Gasteiger partial charge in [0, 0.05) is 13.1 Å². The van der Waals surface area contributed by atoms with Gasteiger partial charge in [0.15, 0.2) is 0 Å². The summed E-state index contributed by atoms with van der Waals surface area (Å²) in [5.74, 6) is 0.420. The highest BCUT2D eigenvalue weighted by Crippen LogP contribution is 2.32. The van der Waals surface area contributed by atoms with Gasteiger partial charge in [-0.3, -0.25) is 0 Å². The first kappa shape index (κ1) is 16.4. The fourth-order valence-corrected chi connectivity index (χ4v) is 1.98. The summed E-state index contributed by atoms with van der Waals surface area (Å²) in [6.45, 7) is 7.47. The molecule has 0 saturated carbocycles. The van der Waals surface area contributed by atoms with Gasteiger partial charge in [-0.2, -0.15) is 18.4 Å². The van der Waals surface area contributed by atoms with Crippen molar-refractivity contribution in [3.63, 3.8) is 0 Å². The Hall–Kier alpha value is -1.70. The predicted octanol–water partition coefficient (Wildman–Crippen LogP) is 4.45. The van der Waals surface area contributed by atoms with Gasteiger partial charge in [0.25, 0.3) is 0 Å². The third-order valence-corrected chi connectivity index (χ3v) is 3.40. The van der Waals surface area contributed by atoms with E-state index >= 15 is 0 Å². The molecule has 1 aromatic rings. The lowest BCUT2D eigenvalue weighted by Gasteiger charge is -2.27. The fraction of sp³-hybridized carbons (Fsp3) is 0.533. The molecule has 1 atom stereocenters. The zero-order valence-corrected chi connectivity index (χ0v) is 12.0. The van der Waals surface area contributed by atoms with Crippen LogP contribution in [0.3, 0.4) is 0 Å². The monoisotopic (exact) mass is 284 g/mol. The highest BCUT2D eigenvalue weighted by molar-refractivity contribution is 5.60. The van der Waals surface area contributed by atoms with Crippen molar-refractivity contribution >= 4 is 5.69 Å². The lowest BCUT2D eigenvalue weighted by Crippen LogP contribution is -2.28. The topological polar surface area (TPSA) is 27.0 Å². The second-order valence-corrected chi connectivity index (χ2v) is 4.89. The highest BCUT2D eigenvalue weighted by atomic mass is 19.4. The van der Waals surface area contributed by atoms with Crippen molar-refractivity contribution in [1.82, 2.24) is 0 Å². The molecule has 0 heterocycles. The fourth-order valence-electron chi connectivity index (χ4n) is 1.98. The van der Waals surface area contributed by atoms with E-state index in [9.17, 15) is 13.2 Å². The van der Waals surface area contributed by atoms with Gasteiger partial charge in [0.05, 0.1) is 16.8 Å². The Bertz CT molecular complexity index is 489. The molecule has 0 spiro atoms. The van der Waals surface area contributed by atoms with E-state index in [1.165, 1.54) is 6.07 Å². The molecule has 110 valence electrons. The molecule has 0 aromatic heterocycles. The van der Waals surface area contributed by atoms with Crippen LogP contribution in [0.15, 0.2) is 18.2 Å². The molecule has 0 amide bonds. The number of hydrogen-bond acceptors (Lipinski definition) is 2. The molecule has 0 saturated heterocycles. The van der Waals surface area contributed by atoms with E-state index < -0.39 is 11.7 Å². The minimum Gasteiger partial charge on any atom is -0.370 e. The van der Waals surface area contributed by atoms with Crippen LogP contribution in [0.5, 0.6) is 0 Å². The number of nitrogens with zero attached hydrogens (tertiary/aromatic N) is 2. The summed E-state index contributed by atoms with van der Waals surface area (Å²) in [6.07, 6.45) is -3.43. The Kier molecular flexibility index (Phi) is 5.43. The molecule has 0 aliphatic rings. The van der Waals surface area contributed by atoms with Crippen LogP contribution in [0.25, 0.3) is 0 Å². The summed E-state index contributed by atoms with van der Waals surface area (Å²) in [5.41, 5.74) is -0.134. The molecule has 0 N–H and O–H groups in total. The van der Waals surface area contributed by atoms with Gasteiger partial charge in [-0.25, -0.2) is 0 Å². The minimum atomic E-state index is -4.42. The Balaban J connectivity index is 3.14. The van der Waals surface area contributed by atoms with E-state index in [2.05, 4.69) is 13.8 Å². The third-order valence-electron chi connectivity index (χ3n) is 3.40. The van der Waals surface area contributed by atoms with Crippen LogP contribution in [0.2, 0.25) is 0 Å². The van der Waals surface area contributed by atoms with Gasteiger partial charge in [0.2, 0.25) is 0 Å². The number of anilines is 1. The number of hydrogen-bond donors (Lipinski definition) is 0. The van der Waals surface area contributed by atoms with Crippen molar-refractivity contribution in [3.05, 3.63) is 29.3 Å². The molecule has 1 rings (SSSR count).